The van der Waals surface area contributed by atoms with Gasteiger partial charge in [0.05, 0.1) is 11.4 Å². The molecule has 0 atom stereocenters. The number of thioether (sulfide) groups is 1. The van der Waals surface area contributed by atoms with Crippen LogP contribution in [0, 0.1) is 0 Å². The van der Waals surface area contributed by atoms with Crippen LogP contribution in [-0.4, -0.2) is 47.2 Å². The Morgan fingerprint density at radius 1 is 1.21 bits per heavy atom. The molecule has 132 valence electrons. The lowest BCUT2D eigenvalue weighted by Gasteiger charge is -2.06. The molecule has 0 saturated carbocycles. The number of nitrogens with zero attached hydrogens (tertiary/aromatic N) is 4. The van der Waals surface area contributed by atoms with Crippen LogP contribution in [0.25, 0.3) is 5.69 Å². The van der Waals surface area contributed by atoms with Gasteiger partial charge in [0, 0.05) is 5.75 Å². The van der Waals surface area contributed by atoms with Crippen molar-refractivity contribution in [2.75, 3.05) is 18.6 Å². The van der Waals surface area contributed by atoms with E-state index < -0.39 is 10.0 Å². The number of rotatable bonds is 10. The third-order valence-electron chi connectivity index (χ3n) is 3.54. The van der Waals surface area contributed by atoms with Gasteiger partial charge in [0.2, 0.25) is 15.2 Å². The van der Waals surface area contributed by atoms with Gasteiger partial charge in [-0.25, -0.2) is 13.1 Å². The summed E-state index contributed by atoms with van der Waals surface area (Å²) < 4.78 is 26.8. The van der Waals surface area contributed by atoms with E-state index in [-0.39, 0.29) is 5.75 Å². The van der Waals surface area contributed by atoms with Crippen molar-refractivity contribution < 1.29 is 8.42 Å². The smallest absolute Gasteiger partial charge is 0.214 e. The zero-order chi connectivity index (χ0) is 17.4. The molecule has 0 unspecified atom stereocenters. The Balaban J connectivity index is 1.94. The molecule has 0 aliphatic heterocycles. The molecule has 0 bridgehead atoms. The summed E-state index contributed by atoms with van der Waals surface area (Å²) in [5.74, 6) is 0.736. The van der Waals surface area contributed by atoms with E-state index in [0.29, 0.717) is 17.3 Å². The number of nitrogens with one attached hydrogen (secondary N) is 1. The fourth-order valence-electron chi connectivity index (χ4n) is 2.13. The lowest BCUT2D eigenvalue weighted by Crippen LogP contribution is -2.22. The van der Waals surface area contributed by atoms with Gasteiger partial charge in [-0.3, -0.25) is 0 Å². The highest BCUT2D eigenvalue weighted by Crippen LogP contribution is 2.19. The summed E-state index contributed by atoms with van der Waals surface area (Å²) >= 11 is 1.45. The van der Waals surface area contributed by atoms with Gasteiger partial charge in [0.1, 0.15) is 0 Å². The maximum Gasteiger partial charge on any atom is 0.214 e. The molecule has 0 amide bonds. The first-order valence-corrected chi connectivity index (χ1v) is 10.6. The highest BCUT2D eigenvalue weighted by Gasteiger charge is 2.11. The van der Waals surface area contributed by atoms with Crippen LogP contribution >= 0.6 is 11.8 Å². The van der Waals surface area contributed by atoms with Gasteiger partial charge < -0.3 is 0 Å². The van der Waals surface area contributed by atoms with Crippen LogP contribution < -0.4 is 4.72 Å². The normalized spacial score (nSPS) is 11.8. The van der Waals surface area contributed by atoms with Crippen molar-refractivity contribution in [3.05, 3.63) is 29.8 Å². The van der Waals surface area contributed by atoms with Crippen molar-refractivity contribution in [2.45, 2.75) is 37.8 Å². The Morgan fingerprint density at radius 3 is 2.62 bits per heavy atom. The molecule has 7 nitrogen and oxygen atoms in total. The third kappa shape index (κ3) is 5.57. The number of hydrogen-bond acceptors (Lipinski definition) is 6. The summed E-state index contributed by atoms with van der Waals surface area (Å²) in [4.78, 5) is 0. The molecule has 2 rings (SSSR count). The molecular weight excluding hydrogens is 346 g/mol. The summed E-state index contributed by atoms with van der Waals surface area (Å²) in [5, 5.41) is 12.4. The minimum Gasteiger partial charge on any atom is -0.218 e. The van der Waals surface area contributed by atoms with E-state index in [9.17, 15) is 8.42 Å². The highest BCUT2D eigenvalue weighted by molar-refractivity contribution is 7.99. The number of hydrogen-bond donors (Lipinski definition) is 1. The summed E-state index contributed by atoms with van der Waals surface area (Å²) in [7, 11) is -1.73. The van der Waals surface area contributed by atoms with E-state index in [0.717, 1.165) is 12.1 Å². The zero-order valence-corrected chi connectivity index (χ0v) is 15.6. The topological polar surface area (TPSA) is 89.8 Å². The number of benzene rings is 1. The van der Waals surface area contributed by atoms with Gasteiger partial charge in [-0.2, -0.15) is 4.68 Å². The molecule has 1 heterocycles. The van der Waals surface area contributed by atoms with Crippen LogP contribution in [0.3, 0.4) is 0 Å². The van der Waals surface area contributed by atoms with E-state index in [1.165, 1.54) is 37.2 Å². The monoisotopic (exact) mass is 369 g/mol. The average molecular weight is 370 g/mol. The Labute approximate surface area is 147 Å². The number of aryl methyl sites for hydroxylation is 1. The Hall–Kier alpha value is -1.45. The SMILES string of the molecule is CCCCc1ccc(-n2nnnc2SCCCS(=O)(=O)NC)cc1. The maximum atomic E-state index is 11.4. The van der Waals surface area contributed by atoms with E-state index in [2.05, 4.69) is 39.3 Å². The number of tetrazole rings is 1. The number of sulfonamides is 1. The van der Waals surface area contributed by atoms with Crippen molar-refractivity contribution in [1.29, 1.82) is 0 Å². The zero-order valence-electron chi connectivity index (χ0n) is 14.0. The molecule has 0 aliphatic rings. The quantitative estimate of drug-likeness (QED) is 0.509. The van der Waals surface area contributed by atoms with Crippen molar-refractivity contribution in [3.63, 3.8) is 0 Å². The van der Waals surface area contributed by atoms with E-state index in [1.807, 2.05) is 12.1 Å². The molecule has 0 radical (unpaired) electrons. The molecule has 1 aromatic carbocycles. The van der Waals surface area contributed by atoms with E-state index >= 15 is 0 Å². The Bertz CT molecular complexity index is 729. The van der Waals surface area contributed by atoms with Gasteiger partial charge in [-0.05, 0) is 54.4 Å². The Kier molecular flexibility index (Phi) is 7.19. The molecule has 9 heteroatoms. The predicted octanol–water partition coefficient (Wildman–Crippen LogP) is 2.04. The largest absolute Gasteiger partial charge is 0.218 e. The summed E-state index contributed by atoms with van der Waals surface area (Å²) in [5.41, 5.74) is 2.21. The van der Waals surface area contributed by atoms with Crippen LogP contribution in [0.4, 0.5) is 0 Å². The first-order valence-electron chi connectivity index (χ1n) is 7.97. The van der Waals surface area contributed by atoms with Crippen LogP contribution in [-0.2, 0) is 16.4 Å². The van der Waals surface area contributed by atoms with Crippen LogP contribution in [0.15, 0.2) is 29.4 Å². The van der Waals surface area contributed by atoms with Crippen molar-refractivity contribution in [1.82, 2.24) is 24.9 Å². The first kappa shape index (κ1) is 18.9. The predicted molar refractivity (Wildman–Crippen MR) is 96.0 cm³/mol. The standard InChI is InChI=1S/C15H23N5O2S2/c1-3-4-6-13-7-9-14(10-8-13)20-15(17-18-19-20)23-11-5-12-24(21,22)16-2/h7-10,16H,3-6,11-12H2,1-2H3. The van der Waals surface area contributed by atoms with Crippen LogP contribution in [0.1, 0.15) is 31.7 Å². The molecule has 1 aromatic heterocycles. The Morgan fingerprint density at radius 2 is 1.96 bits per heavy atom. The van der Waals surface area contributed by atoms with Crippen LogP contribution in [0.2, 0.25) is 0 Å². The maximum absolute atomic E-state index is 11.4. The highest BCUT2D eigenvalue weighted by atomic mass is 32.2. The number of unbranched alkanes of at least 4 members (excludes halogenated alkanes) is 1. The second kappa shape index (κ2) is 9.14. The molecule has 2 aromatic rings. The average Bonchev–Trinajstić information content (AvgIpc) is 3.06. The fourth-order valence-corrected chi connectivity index (χ4v) is 3.87. The first-order chi connectivity index (χ1) is 11.6. The van der Waals surface area contributed by atoms with Crippen molar-refractivity contribution in [2.24, 2.45) is 0 Å². The lowest BCUT2D eigenvalue weighted by molar-refractivity contribution is 0.587. The molecule has 0 spiro atoms. The van der Waals surface area contributed by atoms with Gasteiger partial charge >= 0.3 is 0 Å². The van der Waals surface area contributed by atoms with Gasteiger partial charge in [0.15, 0.2) is 0 Å². The number of aromatic nitrogens is 4. The molecule has 0 aliphatic carbocycles. The summed E-state index contributed by atoms with van der Waals surface area (Å²) in [6, 6.07) is 8.22. The molecule has 0 saturated heterocycles. The van der Waals surface area contributed by atoms with Crippen LogP contribution in [0.5, 0.6) is 0 Å². The van der Waals surface area contributed by atoms with E-state index in [1.54, 1.807) is 4.68 Å². The van der Waals surface area contributed by atoms with Crippen molar-refractivity contribution in [3.8, 4) is 5.69 Å². The molecule has 0 fully saturated rings. The van der Waals surface area contributed by atoms with Gasteiger partial charge in [-0.15, -0.1) is 5.10 Å². The second-order valence-corrected chi connectivity index (χ2v) is 8.48. The third-order valence-corrected chi connectivity index (χ3v) is 5.99. The van der Waals surface area contributed by atoms with Gasteiger partial charge in [0.25, 0.3) is 0 Å². The van der Waals surface area contributed by atoms with Crippen molar-refractivity contribution >= 4 is 21.8 Å². The summed E-state index contributed by atoms with van der Waals surface area (Å²) in [6.45, 7) is 2.18. The molecule has 24 heavy (non-hydrogen) atoms. The fraction of sp³-hybridized carbons (Fsp3) is 0.533. The lowest BCUT2D eigenvalue weighted by atomic mass is 10.1. The minimum atomic E-state index is -3.16. The van der Waals surface area contributed by atoms with E-state index in [4.69, 9.17) is 0 Å². The second-order valence-electron chi connectivity index (χ2n) is 5.37. The minimum absolute atomic E-state index is 0.101. The molecule has 1 N–H and O–H groups in total. The molecular formula is C15H23N5O2S2. The van der Waals surface area contributed by atoms with Gasteiger partial charge in [-0.1, -0.05) is 37.2 Å². The summed E-state index contributed by atoms with van der Waals surface area (Å²) in [6.07, 6.45) is 3.98.